The lowest BCUT2D eigenvalue weighted by Crippen LogP contribution is -2.52. The van der Waals surface area contributed by atoms with Gasteiger partial charge in [-0.2, -0.15) is 0 Å². The molecule has 2 nitrogen and oxygen atoms in total. The zero-order valence-electron chi connectivity index (χ0n) is 34.8. The number of allylic oxidation sites excluding steroid dienone is 2. The van der Waals surface area contributed by atoms with E-state index in [9.17, 15) is 0 Å². The fourth-order valence-electron chi connectivity index (χ4n) is 10.8. The van der Waals surface area contributed by atoms with E-state index < -0.39 is 0 Å². The van der Waals surface area contributed by atoms with Crippen LogP contribution in [0.4, 0.5) is 28.4 Å². The van der Waals surface area contributed by atoms with E-state index in [0.717, 1.165) is 12.1 Å². The zero-order chi connectivity index (χ0) is 40.9. The molecule has 2 aliphatic heterocycles. The lowest BCUT2D eigenvalue weighted by molar-refractivity contribution is 0.396. The molecule has 2 heterocycles. The molecule has 0 bridgehead atoms. The third-order valence-electron chi connectivity index (χ3n) is 14.1. The van der Waals surface area contributed by atoms with E-state index in [1.165, 1.54) is 94.4 Å². The van der Waals surface area contributed by atoms with Crippen molar-refractivity contribution in [3.05, 3.63) is 221 Å². The molecule has 0 spiro atoms. The second-order valence-corrected chi connectivity index (χ2v) is 18.0. The van der Waals surface area contributed by atoms with E-state index in [2.05, 4.69) is 237 Å². The van der Waals surface area contributed by atoms with Crippen LogP contribution in [0.1, 0.15) is 59.7 Å². The molecule has 292 valence electrons. The molecule has 2 aliphatic carbocycles. The summed E-state index contributed by atoms with van der Waals surface area (Å²) >= 11 is 0. The van der Waals surface area contributed by atoms with E-state index in [0.29, 0.717) is 5.92 Å². The van der Waals surface area contributed by atoms with E-state index in [4.69, 9.17) is 0 Å². The Hall–Kier alpha value is -7.16. The first-order valence-electron chi connectivity index (χ1n) is 21.7. The van der Waals surface area contributed by atoms with Gasteiger partial charge in [0.05, 0.1) is 16.9 Å². The highest BCUT2D eigenvalue weighted by atomic mass is 15.2. The van der Waals surface area contributed by atoms with Gasteiger partial charge in [0.1, 0.15) is 0 Å². The molecule has 2 heteroatoms. The Morgan fingerprint density at radius 3 is 1.87 bits per heavy atom. The molecular weight excluding hydrogens is 737 g/mol. The summed E-state index contributed by atoms with van der Waals surface area (Å²) in [5.74, 6) is 0.418. The number of nitrogens with zero attached hydrogens (tertiary/aromatic N) is 2. The van der Waals surface area contributed by atoms with Gasteiger partial charge in [-0.25, -0.2) is 0 Å². The molecule has 0 saturated carbocycles. The Morgan fingerprint density at radius 1 is 0.525 bits per heavy atom. The Morgan fingerprint density at radius 2 is 1.11 bits per heavy atom. The molecule has 0 radical (unpaired) electrons. The van der Waals surface area contributed by atoms with Crippen molar-refractivity contribution in [1.82, 2.24) is 0 Å². The second kappa shape index (κ2) is 13.4. The smallest absolute Gasteiger partial charge is 0.0674 e. The Kier molecular flexibility index (Phi) is 7.87. The molecule has 4 aliphatic rings. The van der Waals surface area contributed by atoms with Gasteiger partial charge in [0, 0.05) is 28.4 Å². The summed E-state index contributed by atoms with van der Waals surface area (Å²) < 4.78 is 0. The van der Waals surface area contributed by atoms with Gasteiger partial charge in [-0.1, -0.05) is 172 Å². The van der Waals surface area contributed by atoms with Gasteiger partial charge in [-0.3, -0.25) is 0 Å². The summed E-state index contributed by atoms with van der Waals surface area (Å²) in [4.78, 5) is 4.99. The Bertz CT molecular complexity index is 3200. The van der Waals surface area contributed by atoms with Crippen LogP contribution in [0.25, 0.3) is 57.0 Å². The van der Waals surface area contributed by atoms with Crippen molar-refractivity contribution in [1.29, 1.82) is 0 Å². The topological polar surface area (TPSA) is 6.48 Å². The van der Waals surface area contributed by atoms with E-state index in [1.54, 1.807) is 0 Å². The van der Waals surface area contributed by atoms with Gasteiger partial charge in [0.25, 0.3) is 0 Å². The van der Waals surface area contributed by atoms with Crippen LogP contribution in [0, 0.1) is 5.92 Å². The van der Waals surface area contributed by atoms with Gasteiger partial charge in [0.15, 0.2) is 0 Å². The quantitative estimate of drug-likeness (QED) is 0.130. The van der Waals surface area contributed by atoms with Crippen LogP contribution < -0.4 is 9.80 Å². The average Bonchev–Trinajstić information content (AvgIpc) is 3.39. The molecule has 2 atom stereocenters. The maximum atomic E-state index is 2.60. The highest BCUT2D eigenvalue weighted by molar-refractivity contribution is 6.09. The van der Waals surface area contributed by atoms with E-state index >= 15 is 0 Å². The van der Waals surface area contributed by atoms with Crippen LogP contribution in [0.3, 0.4) is 0 Å². The Balaban J connectivity index is 0.842. The number of anilines is 5. The van der Waals surface area contributed by atoms with Crippen LogP contribution in [0.5, 0.6) is 0 Å². The fraction of sp³-hybridized carbons (Fsp3) is 0.119. The number of para-hydroxylation sites is 3. The fourth-order valence-corrected chi connectivity index (χ4v) is 10.8. The minimum absolute atomic E-state index is 0.129. The van der Waals surface area contributed by atoms with Crippen LogP contribution >= 0.6 is 0 Å². The normalized spacial score (nSPS) is 19.0. The lowest BCUT2D eigenvalue weighted by atomic mass is 9.73. The number of benzene rings is 8. The summed E-state index contributed by atoms with van der Waals surface area (Å²) in [5.41, 5.74) is 17.6. The largest absolute Gasteiger partial charge is 0.331 e. The standard InChI is InChI=1S/C59H46N2/c1-58(2)53-35-40(22-30-51(53)52-32-28-48(38-54(52)58)61-57-18-9-6-14-45(57)36-46-15-10-11-33-59(46,61)3)20-19-39-21-29-49-43(34-39)25-26-44-37-47(27-31-50(44)49)60-55-16-7-4-12-41(55)23-24-42-13-5-8-17-56(42)60/h4-35,37-38,46H,36H2,1-3H3. The zero-order valence-corrected chi connectivity index (χ0v) is 34.8. The molecular formula is C59H46N2. The first kappa shape index (κ1) is 35.8. The highest BCUT2D eigenvalue weighted by Crippen LogP contribution is 2.53. The van der Waals surface area contributed by atoms with Crippen molar-refractivity contribution in [3.63, 3.8) is 0 Å². The monoisotopic (exact) mass is 782 g/mol. The number of fused-ring (bicyclic) bond motifs is 10. The molecule has 61 heavy (non-hydrogen) atoms. The molecule has 2 unspecified atom stereocenters. The van der Waals surface area contributed by atoms with Gasteiger partial charge in [-0.05, 0) is 133 Å². The summed E-state index contributed by atoms with van der Waals surface area (Å²) in [6.45, 7) is 7.19. The van der Waals surface area contributed by atoms with Crippen molar-refractivity contribution in [2.75, 3.05) is 9.80 Å². The molecule has 0 fully saturated rings. The summed E-state index contributed by atoms with van der Waals surface area (Å²) in [6.07, 6.45) is 19.3. The average molecular weight is 783 g/mol. The van der Waals surface area contributed by atoms with Gasteiger partial charge >= 0.3 is 0 Å². The first-order valence-corrected chi connectivity index (χ1v) is 21.7. The molecule has 0 amide bonds. The van der Waals surface area contributed by atoms with Crippen LogP contribution in [0.15, 0.2) is 182 Å². The highest BCUT2D eigenvalue weighted by Gasteiger charge is 2.44. The predicted molar refractivity (Wildman–Crippen MR) is 260 cm³/mol. The van der Waals surface area contributed by atoms with Crippen molar-refractivity contribution >= 4 is 74.3 Å². The van der Waals surface area contributed by atoms with Gasteiger partial charge in [-0.15, -0.1) is 0 Å². The van der Waals surface area contributed by atoms with E-state index in [-0.39, 0.29) is 11.0 Å². The predicted octanol–water partition coefficient (Wildman–Crippen LogP) is 15.6. The van der Waals surface area contributed by atoms with Crippen LogP contribution in [-0.2, 0) is 11.8 Å². The first-order chi connectivity index (χ1) is 29.8. The van der Waals surface area contributed by atoms with Crippen molar-refractivity contribution in [3.8, 4) is 11.1 Å². The van der Waals surface area contributed by atoms with Gasteiger partial charge < -0.3 is 9.80 Å². The lowest BCUT2D eigenvalue weighted by Gasteiger charge is -2.50. The molecule has 0 saturated heterocycles. The summed E-state index contributed by atoms with van der Waals surface area (Å²) in [5, 5.41) is 5.01. The number of hydrogen-bond acceptors (Lipinski definition) is 2. The van der Waals surface area contributed by atoms with E-state index in [1.807, 2.05) is 0 Å². The summed E-state index contributed by atoms with van der Waals surface area (Å²) in [7, 11) is 0. The maximum Gasteiger partial charge on any atom is 0.0674 e. The molecule has 8 aromatic carbocycles. The Labute approximate surface area is 358 Å². The number of rotatable bonds is 4. The van der Waals surface area contributed by atoms with Crippen LogP contribution in [0.2, 0.25) is 0 Å². The minimum Gasteiger partial charge on any atom is -0.331 e. The van der Waals surface area contributed by atoms with Crippen LogP contribution in [-0.4, -0.2) is 5.54 Å². The van der Waals surface area contributed by atoms with Crippen molar-refractivity contribution < 1.29 is 0 Å². The summed E-state index contributed by atoms with van der Waals surface area (Å²) in [6, 6.07) is 58.9. The van der Waals surface area contributed by atoms with Crippen molar-refractivity contribution in [2.24, 2.45) is 5.92 Å². The number of hydrogen-bond donors (Lipinski definition) is 0. The molecule has 12 rings (SSSR count). The third kappa shape index (κ3) is 5.55. The third-order valence-corrected chi connectivity index (χ3v) is 14.1. The molecule has 0 aromatic heterocycles. The molecule has 0 N–H and O–H groups in total. The van der Waals surface area contributed by atoms with Gasteiger partial charge in [0.2, 0.25) is 0 Å². The molecule has 8 aromatic rings. The van der Waals surface area contributed by atoms with Crippen molar-refractivity contribution in [2.45, 2.75) is 38.1 Å². The second-order valence-electron chi connectivity index (χ2n) is 18.0. The maximum absolute atomic E-state index is 2.60. The minimum atomic E-state index is -0.136. The SMILES string of the molecule is CC1(C)c2cc(C=Cc3ccc4c(ccc5cc(N6c7ccccc7C=Cc7ccccc76)ccc54)c3)ccc2-c2ccc(N3c4ccccc4CC4C=CC=CC43C)cc21.